The molecule has 2 aromatic carbocycles. The number of allylic oxidation sites excluding steroid dienone is 2. The first-order chi connectivity index (χ1) is 16.0. The van der Waals surface area contributed by atoms with Crippen molar-refractivity contribution in [3.8, 4) is 5.75 Å². The number of hydrogen-bond acceptors (Lipinski definition) is 6. The maximum atomic E-state index is 13.3. The largest absolute Gasteiger partial charge is 0.465 e. The SMILES string of the molecule is COC(=O)c1ccc(OC(=O)c2cccc(N3C(=O)[C@@H]4[C@H]5C=C[C@@H]([C@@H]6C[C@H]56)[C@H]4C3=O)c2)cc1. The molecule has 1 aliphatic heterocycles. The summed E-state index contributed by atoms with van der Waals surface area (Å²) in [5, 5.41) is 0. The van der Waals surface area contributed by atoms with Gasteiger partial charge in [-0.15, -0.1) is 0 Å². The van der Waals surface area contributed by atoms with Crippen molar-refractivity contribution < 1.29 is 28.7 Å². The second-order valence-corrected chi connectivity index (χ2v) is 9.12. The Bertz CT molecular complexity index is 1200. The lowest BCUT2D eigenvalue weighted by molar-refractivity contribution is -0.124. The van der Waals surface area contributed by atoms with E-state index in [1.165, 1.54) is 42.3 Å². The summed E-state index contributed by atoms with van der Waals surface area (Å²) in [6.07, 6.45) is 5.37. The van der Waals surface area contributed by atoms with Crippen LogP contribution in [0.3, 0.4) is 0 Å². The normalized spacial score (nSPS) is 30.6. The summed E-state index contributed by atoms with van der Waals surface area (Å²) in [7, 11) is 1.29. The van der Waals surface area contributed by atoms with Gasteiger partial charge in [0.05, 0.1) is 35.8 Å². The first-order valence-corrected chi connectivity index (χ1v) is 11.0. The Kier molecular flexibility index (Phi) is 4.30. The summed E-state index contributed by atoms with van der Waals surface area (Å²) < 4.78 is 10.1. The molecule has 166 valence electrons. The van der Waals surface area contributed by atoms with Crippen molar-refractivity contribution in [2.75, 3.05) is 12.0 Å². The van der Waals surface area contributed by atoms with Gasteiger partial charge in [-0.1, -0.05) is 18.2 Å². The molecule has 0 radical (unpaired) electrons. The minimum Gasteiger partial charge on any atom is -0.465 e. The van der Waals surface area contributed by atoms with Crippen molar-refractivity contribution in [3.63, 3.8) is 0 Å². The lowest BCUT2D eigenvalue weighted by Gasteiger charge is -2.37. The molecular formula is C26H21NO6. The van der Waals surface area contributed by atoms with Crippen molar-refractivity contribution in [1.82, 2.24) is 0 Å². The van der Waals surface area contributed by atoms with E-state index in [0.29, 0.717) is 23.1 Å². The second-order valence-electron chi connectivity index (χ2n) is 9.12. The van der Waals surface area contributed by atoms with Gasteiger partial charge >= 0.3 is 11.9 Å². The van der Waals surface area contributed by atoms with Crippen LogP contribution in [0.2, 0.25) is 0 Å². The average molecular weight is 443 g/mol. The zero-order chi connectivity index (χ0) is 22.9. The number of imide groups is 1. The molecule has 2 aromatic rings. The van der Waals surface area contributed by atoms with Crippen LogP contribution in [0.4, 0.5) is 5.69 Å². The third-order valence-corrected chi connectivity index (χ3v) is 7.49. The maximum absolute atomic E-state index is 13.3. The van der Waals surface area contributed by atoms with Crippen molar-refractivity contribution in [2.24, 2.45) is 35.5 Å². The van der Waals surface area contributed by atoms with E-state index in [2.05, 4.69) is 16.9 Å². The van der Waals surface area contributed by atoms with Crippen LogP contribution in [-0.4, -0.2) is 30.9 Å². The van der Waals surface area contributed by atoms with Crippen LogP contribution < -0.4 is 9.64 Å². The zero-order valence-corrected chi connectivity index (χ0v) is 17.8. The summed E-state index contributed by atoms with van der Waals surface area (Å²) in [5.41, 5.74) is 0.958. The first kappa shape index (κ1) is 19.9. The molecule has 33 heavy (non-hydrogen) atoms. The van der Waals surface area contributed by atoms with Gasteiger partial charge < -0.3 is 9.47 Å². The molecule has 2 amide bonds. The molecule has 1 heterocycles. The molecule has 0 spiro atoms. The Hall–Kier alpha value is -3.74. The topological polar surface area (TPSA) is 90.0 Å². The van der Waals surface area contributed by atoms with E-state index in [4.69, 9.17) is 4.74 Å². The predicted molar refractivity (Wildman–Crippen MR) is 116 cm³/mol. The van der Waals surface area contributed by atoms with E-state index in [-0.39, 0.29) is 46.8 Å². The summed E-state index contributed by atoms with van der Waals surface area (Å²) in [6, 6.07) is 12.4. The number of benzene rings is 2. The highest BCUT2D eigenvalue weighted by Gasteiger charge is 2.67. The quantitative estimate of drug-likeness (QED) is 0.312. The van der Waals surface area contributed by atoms with Crippen LogP contribution in [-0.2, 0) is 14.3 Å². The van der Waals surface area contributed by atoms with Crippen LogP contribution in [0.15, 0.2) is 60.7 Å². The van der Waals surface area contributed by atoms with E-state index < -0.39 is 11.9 Å². The molecule has 0 aromatic heterocycles. The predicted octanol–water partition coefficient (Wildman–Crippen LogP) is 3.25. The number of anilines is 1. The minimum absolute atomic E-state index is 0.146. The molecule has 2 saturated carbocycles. The monoisotopic (exact) mass is 443 g/mol. The van der Waals surface area contributed by atoms with E-state index in [0.717, 1.165) is 6.42 Å². The number of rotatable bonds is 4. The first-order valence-electron chi connectivity index (χ1n) is 11.0. The summed E-state index contributed by atoms with van der Waals surface area (Å²) in [4.78, 5) is 52.1. The Balaban J connectivity index is 1.23. The fourth-order valence-electron chi connectivity index (χ4n) is 5.93. The third kappa shape index (κ3) is 2.95. The molecule has 7 rings (SSSR count). The zero-order valence-electron chi connectivity index (χ0n) is 17.8. The van der Waals surface area contributed by atoms with E-state index in [1.54, 1.807) is 18.2 Å². The molecular weight excluding hydrogens is 422 g/mol. The number of esters is 2. The van der Waals surface area contributed by atoms with Gasteiger partial charge in [-0.25, -0.2) is 14.5 Å². The highest BCUT2D eigenvalue weighted by molar-refractivity contribution is 6.23. The number of methoxy groups -OCH3 is 1. The Morgan fingerprint density at radius 2 is 1.48 bits per heavy atom. The van der Waals surface area contributed by atoms with Gasteiger partial charge in [-0.05, 0) is 72.6 Å². The highest BCUT2D eigenvalue weighted by atomic mass is 16.5. The van der Waals surface area contributed by atoms with Gasteiger partial charge in [0.25, 0.3) is 0 Å². The molecule has 0 N–H and O–H groups in total. The lowest BCUT2D eigenvalue weighted by atomic mass is 9.63. The second kappa shape index (κ2) is 7.13. The fraction of sp³-hybridized carbons (Fsp3) is 0.308. The molecule has 2 bridgehead atoms. The molecule has 3 fully saturated rings. The number of carbonyl (C=O) groups is 4. The molecule has 5 aliphatic rings. The minimum atomic E-state index is -0.623. The van der Waals surface area contributed by atoms with Gasteiger partial charge in [-0.2, -0.15) is 0 Å². The average Bonchev–Trinajstić information content (AvgIpc) is 3.62. The maximum Gasteiger partial charge on any atom is 0.343 e. The van der Waals surface area contributed by atoms with Crippen molar-refractivity contribution in [3.05, 3.63) is 71.8 Å². The summed E-state index contributed by atoms with van der Waals surface area (Å²) in [5.74, 6) is -0.407. The van der Waals surface area contributed by atoms with Crippen molar-refractivity contribution in [1.29, 1.82) is 0 Å². The molecule has 7 nitrogen and oxygen atoms in total. The van der Waals surface area contributed by atoms with Crippen LogP contribution >= 0.6 is 0 Å². The standard InChI is InChI=1S/C26H21NO6/c1-32-25(30)13-5-7-16(8-6-13)33-26(31)14-3-2-4-15(11-14)27-23(28)21-17-9-10-18(20-12-19(17)20)22(21)24(27)29/h2-11,17-22H,12H2,1H3/t17-,18-,19-,20+,21+,22+/m0/s1. The Labute approximate surface area is 190 Å². The highest BCUT2D eigenvalue weighted by Crippen LogP contribution is 2.65. The number of ether oxygens (including phenoxy) is 2. The third-order valence-electron chi connectivity index (χ3n) is 7.49. The van der Waals surface area contributed by atoms with Crippen LogP contribution in [0.25, 0.3) is 0 Å². The molecule has 1 saturated heterocycles. The van der Waals surface area contributed by atoms with Crippen molar-refractivity contribution >= 4 is 29.4 Å². The molecule has 6 atom stereocenters. The number of hydrogen-bond donors (Lipinski definition) is 0. The van der Waals surface area contributed by atoms with Crippen LogP contribution in [0, 0.1) is 35.5 Å². The fourth-order valence-corrected chi connectivity index (χ4v) is 5.93. The van der Waals surface area contributed by atoms with E-state index in [1.807, 2.05) is 0 Å². The summed E-state index contributed by atoms with van der Waals surface area (Å²) >= 11 is 0. The van der Waals surface area contributed by atoms with Gasteiger partial charge in [0.1, 0.15) is 5.75 Å². The van der Waals surface area contributed by atoms with Crippen LogP contribution in [0.5, 0.6) is 5.75 Å². The smallest absolute Gasteiger partial charge is 0.343 e. The Morgan fingerprint density at radius 3 is 2.09 bits per heavy atom. The van der Waals surface area contributed by atoms with E-state index in [9.17, 15) is 19.2 Å². The van der Waals surface area contributed by atoms with Gasteiger partial charge in [0, 0.05) is 0 Å². The van der Waals surface area contributed by atoms with Crippen molar-refractivity contribution in [2.45, 2.75) is 6.42 Å². The Morgan fingerprint density at radius 1 is 0.848 bits per heavy atom. The van der Waals surface area contributed by atoms with Crippen LogP contribution in [0.1, 0.15) is 27.1 Å². The lowest BCUT2D eigenvalue weighted by Crippen LogP contribution is -2.40. The summed E-state index contributed by atoms with van der Waals surface area (Å²) in [6.45, 7) is 0. The number of carbonyl (C=O) groups excluding carboxylic acids is 4. The van der Waals surface area contributed by atoms with E-state index >= 15 is 0 Å². The molecule has 0 unspecified atom stereocenters. The molecule has 7 heteroatoms. The van der Waals surface area contributed by atoms with Gasteiger partial charge in [0.2, 0.25) is 11.8 Å². The number of nitrogens with zero attached hydrogens (tertiary/aromatic N) is 1. The van der Waals surface area contributed by atoms with Gasteiger partial charge in [-0.3, -0.25) is 9.59 Å². The number of amides is 2. The molecule has 4 aliphatic carbocycles. The van der Waals surface area contributed by atoms with Gasteiger partial charge in [0.15, 0.2) is 0 Å².